The predicted molar refractivity (Wildman–Crippen MR) is 131 cm³/mol. The van der Waals surface area contributed by atoms with Crippen LogP contribution in [0.15, 0.2) is 60.0 Å². The number of nitrogens with one attached hydrogen (secondary N) is 2. The molecule has 0 saturated carbocycles. The number of hydrogen-bond acceptors (Lipinski definition) is 8. The average molecular weight is 462 g/mol. The van der Waals surface area contributed by atoms with E-state index in [9.17, 15) is 4.79 Å². The molecule has 3 heterocycles. The van der Waals surface area contributed by atoms with Gasteiger partial charge >= 0.3 is 0 Å². The molecule has 8 nitrogen and oxygen atoms in total. The lowest BCUT2D eigenvalue weighted by Crippen LogP contribution is -2.36. The molecule has 0 bridgehead atoms. The predicted octanol–water partition coefficient (Wildman–Crippen LogP) is 5.02. The molecule has 0 atom stereocenters. The number of anilines is 4. The van der Waals surface area contributed by atoms with Crippen LogP contribution in [-0.4, -0.2) is 42.2 Å². The third-order valence-corrected chi connectivity index (χ3v) is 6.03. The number of thiophene rings is 1. The number of carbonyl (C=O) groups excluding carboxylic acids is 1. The van der Waals surface area contributed by atoms with Crippen LogP contribution in [0.3, 0.4) is 0 Å². The van der Waals surface area contributed by atoms with Crippen molar-refractivity contribution >= 4 is 50.5 Å². The van der Waals surface area contributed by atoms with Gasteiger partial charge in [-0.2, -0.15) is 4.98 Å². The topological polar surface area (TPSA) is 88.6 Å². The molecule has 5 rings (SSSR count). The van der Waals surface area contributed by atoms with Gasteiger partial charge in [-0.15, -0.1) is 11.3 Å². The van der Waals surface area contributed by atoms with Gasteiger partial charge in [0.15, 0.2) is 0 Å². The van der Waals surface area contributed by atoms with Gasteiger partial charge in [0.1, 0.15) is 10.4 Å². The zero-order valence-corrected chi connectivity index (χ0v) is 18.9. The summed E-state index contributed by atoms with van der Waals surface area (Å²) in [4.78, 5) is 22.9. The highest BCUT2D eigenvalue weighted by Crippen LogP contribution is 2.34. The molecule has 1 aliphatic rings. The standard InChI is InChI=1S/C24H23N5O3S/c1-16(30)25-18-3-2-4-20(15-18)32-23-22-21(9-14-33-22)27-24(28-23)26-17-5-7-19(8-6-17)29-10-12-31-13-11-29/h2-9,14-15H,10-13H2,1H3,(H,25,30)(H,26,27,28). The fraction of sp³-hybridized carbons (Fsp3) is 0.208. The Morgan fingerprint density at radius 1 is 1.06 bits per heavy atom. The van der Waals surface area contributed by atoms with Gasteiger partial charge in [0.05, 0.1) is 18.7 Å². The number of morpholine rings is 1. The second-order valence-electron chi connectivity index (χ2n) is 7.57. The van der Waals surface area contributed by atoms with Crippen molar-refractivity contribution in [3.63, 3.8) is 0 Å². The minimum Gasteiger partial charge on any atom is -0.437 e. The van der Waals surface area contributed by atoms with Crippen molar-refractivity contribution in [2.24, 2.45) is 0 Å². The summed E-state index contributed by atoms with van der Waals surface area (Å²) < 4.78 is 12.4. The van der Waals surface area contributed by atoms with Crippen molar-refractivity contribution in [2.45, 2.75) is 6.92 Å². The van der Waals surface area contributed by atoms with Crippen LogP contribution >= 0.6 is 11.3 Å². The SMILES string of the molecule is CC(=O)Nc1cccc(Oc2nc(Nc3ccc(N4CCOCC4)cc3)nc3ccsc23)c1. The second-order valence-corrected chi connectivity index (χ2v) is 8.49. The maximum absolute atomic E-state index is 11.4. The molecule has 33 heavy (non-hydrogen) atoms. The largest absolute Gasteiger partial charge is 0.437 e. The van der Waals surface area contributed by atoms with Gasteiger partial charge in [0.2, 0.25) is 17.7 Å². The van der Waals surface area contributed by atoms with Crippen molar-refractivity contribution in [2.75, 3.05) is 41.8 Å². The third kappa shape index (κ3) is 5.05. The molecule has 2 aromatic heterocycles. The first-order valence-electron chi connectivity index (χ1n) is 10.6. The first-order chi connectivity index (χ1) is 16.1. The highest BCUT2D eigenvalue weighted by Gasteiger charge is 2.14. The number of fused-ring (bicyclic) bond motifs is 1. The van der Waals surface area contributed by atoms with Gasteiger partial charge < -0.3 is 25.0 Å². The summed E-state index contributed by atoms with van der Waals surface area (Å²) in [6.45, 7) is 4.78. The molecule has 168 valence electrons. The Morgan fingerprint density at radius 3 is 2.67 bits per heavy atom. The van der Waals surface area contributed by atoms with Crippen LogP contribution in [0, 0.1) is 0 Å². The zero-order valence-electron chi connectivity index (χ0n) is 18.1. The van der Waals surface area contributed by atoms with Crippen molar-refractivity contribution in [1.29, 1.82) is 0 Å². The molecular weight excluding hydrogens is 438 g/mol. The van der Waals surface area contributed by atoms with E-state index in [1.165, 1.54) is 23.9 Å². The smallest absolute Gasteiger partial charge is 0.242 e. The molecule has 1 amide bonds. The molecule has 1 saturated heterocycles. The summed E-state index contributed by atoms with van der Waals surface area (Å²) in [5.74, 6) is 1.35. The van der Waals surface area contributed by atoms with E-state index in [4.69, 9.17) is 9.47 Å². The van der Waals surface area contributed by atoms with E-state index < -0.39 is 0 Å². The Balaban J connectivity index is 1.37. The molecule has 0 unspecified atom stereocenters. The summed E-state index contributed by atoms with van der Waals surface area (Å²) in [6, 6.07) is 17.4. The van der Waals surface area contributed by atoms with Crippen molar-refractivity contribution < 1.29 is 14.3 Å². The Bertz CT molecular complexity index is 1270. The number of benzene rings is 2. The number of nitrogens with zero attached hydrogens (tertiary/aromatic N) is 3. The summed E-state index contributed by atoms with van der Waals surface area (Å²) in [5, 5.41) is 8.00. The quantitative estimate of drug-likeness (QED) is 0.417. The molecule has 0 spiro atoms. The Morgan fingerprint density at radius 2 is 1.88 bits per heavy atom. The van der Waals surface area contributed by atoms with E-state index in [1.807, 2.05) is 41.8 Å². The number of amides is 1. The van der Waals surface area contributed by atoms with Gasteiger partial charge in [0.25, 0.3) is 0 Å². The maximum Gasteiger partial charge on any atom is 0.242 e. The van der Waals surface area contributed by atoms with E-state index >= 15 is 0 Å². The molecule has 1 aliphatic heterocycles. The van der Waals surface area contributed by atoms with Gasteiger partial charge in [0, 0.05) is 43.1 Å². The number of carbonyl (C=O) groups is 1. The Kier molecular flexibility index (Phi) is 6.05. The van der Waals surface area contributed by atoms with Crippen LogP contribution in [-0.2, 0) is 9.53 Å². The summed E-state index contributed by atoms with van der Waals surface area (Å²) in [6.07, 6.45) is 0. The average Bonchev–Trinajstić information content (AvgIpc) is 3.29. The van der Waals surface area contributed by atoms with E-state index in [1.54, 1.807) is 6.07 Å². The lowest BCUT2D eigenvalue weighted by molar-refractivity contribution is -0.114. The van der Waals surface area contributed by atoms with E-state index in [0.717, 1.165) is 42.2 Å². The van der Waals surface area contributed by atoms with Crippen LogP contribution in [0.2, 0.25) is 0 Å². The second kappa shape index (κ2) is 9.43. The van der Waals surface area contributed by atoms with Gasteiger partial charge in [-0.1, -0.05) is 6.07 Å². The van der Waals surface area contributed by atoms with Crippen LogP contribution in [0.5, 0.6) is 11.6 Å². The molecule has 0 aliphatic carbocycles. The molecular formula is C24H23N5O3S. The highest BCUT2D eigenvalue weighted by molar-refractivity contribution is 7.17. The molecule has 4 aromatic rings. The number of hydrogen-bond donors (Lipinski definition) is 2. The fourth-order valence-electron chi connectivity index (χ4n) is 3.62. The minimum atomic E-state index is -0.138. The van der Waals surface area contributed by atoms with Gasteiger partial charge in [-0.3, -0.25) is 4.79 Å². The molecule has 2 N–H and O–H groups in total. The van der Waals surface area contributed by atoms with Gasteiger partial charge in [-0.25, -0.2) is 4.98 Å². The molecule has 0 radical (unpaired) electrons. The summed E-state index contributed by atoms with van der Waals surface area (Å²) >= 11 is 1.52. The Hall–Kier alpha value is -3.69. The lowest BCUT2D eigenvalue weighted by atomic mass is 10.2. The van der Waals surface area contributed by atoms with E-state index in [0.29, 0.717) is 23.3 Å². The highest BCUT2D eigenvalue weighted by atomic mass is 32.1. The van der Waals surface area contributed by atoms with Crippen molar-refractivity contribution in [1.82, 2.24) is 9.97 Å². The molecule has 9 heteroatoms. The zero-order chi connectivity index (χ0) is 22.6. The molecule has 2 aromatic carbocycles. The van der Waals surface area contributed by atoms with E-state index in [2.05, 4.69) is 37.6 Å². The minimum absolute atomic E-state index is 0.138. The first kappa shape index (κ1) is 21.2. The number of ether oxygens (including phenoxy) is 2. The van der Waals surface area contributed by atoms with Crippen LogP contribution in [0.4, 0.5) is 23.0 Å². The fourth-order valence-corrected chi connectivity index (χ4v) is 4.38. The third-order valence-electron chi connectivity index (χ3n) is 5.14. The number of rotatable bonds is 6. The van der Waals surface area contributed by atoms with Crippen LogP contribution in [0.1, 0.15) is 6.92 Å². The van der Waals surface area contributed by atoms with Crippen LogP contribution < -0.4 is 20.3 Å². The normalized spacial score (nSPS) is 13.7. The summed E-state index contributed by atoms with van der Waals surface area (Å²) in [7, 11) is 0. The lowest BCUT2D eigenvalue weighted by Gasteiger charge is -2.28. The first-order valence-corrected chi connectivity index (χ1v) is 11.5. The Labute approximate surface area is 195 Å². The van der Waals surface area contributed by atoms with Gasteiger partial charge in [-0.05, 0) is 47.8 Å². The molecule has 1 fully saturated rings. The van der Waals surface area contributed by atoms with E-state index in [-0.39, 0.29) is 5.91 Å². The van der Waals surface area contributed by atoms with Crippen molar-refractivity contribution in [3.8, 4) is 11.6 Å². The maximum atomic E-state index is 11.4. The number of aromatic nitrogens is 2. The van der Waals surface area contributed by atoms with Crippen molar-refractivity contribution in [3.05, 3.63) is 60.0 Å². The monoisotopic (exact) mass is 461 g/mol. The summed E-state index contributed by atoms with van der Waals surface area (Å²) in [5.41, 5.74) is 3.52. The van der Waals surface area contributed by atoms with Crippen LogP contribution in [0.25, 0.3) is 10.2 Å².